The molecule has 144 valence electrons. The van der Waals surface area contributed by atoms with E-state index in [-0.39, 0.29) is 21.9 Å². The Morgan fingerprint density at radius 3 is 2.55 bits per heavy atom. The zero-order valence-electron chi connectivity index (χ0n) is 14.8. The monoisotopic (exact) mass is 408 g/mol. The van der Waals surface area contributed by atoms with Crippen molar-refractivity contribution in [2.45, 2.75) is 0 Å². The van der Waals surface area contributed by atoms with E-state index in [2.05, 4.69) is 5.43 Å². The number of hydrogen-bond donors (Lipinski definition) is 2. The number of hydrazine groups is 1. The van der Waals surface area contributed by atoms with Gasteiger partial charge >= 0.3 is 5.97 Å². The van der Waals surface area contributed by atoms with E-state index in [4.69, 9.17) is 16.0 Å². The van der Waals surface area contributed by atoms with Gasteiger partial charge in [0.15, 0.2) is 0 Å². The molecule has 1 saturated heterocycles. The highest BCUT2D eigenvalue weighted by atomic mass is 35.5. The Morgan fingerprint density at radius 1 is 1.07 bits per heavy atom. The molecule has 2 aromatic carbocycles. The van der Waals surface area contributed by atoms with Crippen molar-refractivity contribution in [2.24, 2.45) is 0 Å². The van der Waals surface area contributed by atoms with E-state index in [1.54, 1.807) is 48.5 Å². The van der Waals surface area contributed by atoms with Crippen LogP contribution in [0.15, 0.2) is 70.7 Å². The fraction of sp³-hybridized carbons (Fsp3) is 0. The summed E-state index contributed by atoms with van der Waals surface area (Å²) < 4.78 is 5.68. The molecule has 2 N–H and O–H groups in total. The number of para-hydroxylation sites is 1. The van der Waals surface area contributed by atoms with Gasteiger partial charge in [-0.1, -0.05) is 29.8 Å². The number of nitrogens with one attached hydrogen (secondary N) is 1. The predicted octanol–water partition coefficient (Wildman–Crippen LogP) is 3.76. The molecule has 3 aromatic rings. The van der Waals surface area contributed by atoms with Crippen LogP contribution in [0.25, 0.3) is 17.4 Å². The van der Waals surface area contributed by atoms with Crippen LogP contribution in [0.4, 0.5) is 5.69 Å². The zero-order valence-corrected chi connectivity index (χ0v) is 15.5. The van der Waals surface area contributed by atoms with Crippen molar-refractivity contribution in [3.05, 3.63) is 82.6 Å². The smallest absolute Gasteiger partial charge is 0.337 e. The Morgan fingerprint density at radius 2 is 1.83 bits per heavy atom. The summed E-state index contributed by atoms with van der Waals surface area (Å²) in [4.78, 5) is 36.1. The van der Waals surface area contributed by atoms with Crippen LogP contribution in [-0.2, 0) is 9.59 Å². The number of furan rings is 1. The number of nitrogens with zero attached hydrogens (tertiary/aromatic N) is 1. The largest absolute Gasteiger partial charge is 0.478 e. The molecule has 8 heteroatoms. The first-order valence-electron chi connectivity index (χ1n) is 8.49. The van der Waals surface area contributed by atoms with Crippen LogP contribution in [0.5, 0.6) is 0 Å². The number of hydrogen-bond acceptors (Lipinski definition) is 4. The first-order valence-corrected chi connectivity index (χ1v) is 8.87. The predicted molar refractivity (Wildman–Crippen MR) is 106 cm³/mol. The molecular formula is C21H13ClN2O5. The minimum Gasteiger partial charge on any atom is -0.478 e. The number of amides is 2. The number of anilines is 1. The normalized spacial score (nSPS) is 15.1. The van der Waals surface area contributed by atoms with Gasteiger partial charge in [-0.15, -0.1) is 0 Å². The number of carboxylic acid groups (broad SMARTS) is 1. The highest BCUT2D eigenvalue weighted by molar-refractivity contribution is 6.33. The van der Waals surface area contributed by atoms with E-state index >= 15 is 0 Å². The number of carbonyl (C=O) groups is 3. The van der Waals surface area contributed by atoms with Crippen molar-refractivity contribution in [1.29, 1.82) is 0 Å². The van der Waals surface area contributed by atoms with Crippen molar-refractivity contribution in [2.75, 3.05) is 5.01 Å². The Kier molecular flexibility index (Phi) is 4.66. The van der Waals surface area contributed by atoms with Gasteiger partial charge in [-0.3, -0.25) is 15.0 Å². The molecular weight excluding hydrogens is 396 g/mol. The molecule has 2 amide bonds. The maximum atomic E-state index is 12.6. The van der Waals surface area contributed by atoms with E-state index in [1.807, 2.05) is 0 Å². The molecule has 0 bridgehead atoms. The lowest BCUT2D eigenvalue weighted by atomic mass is 10.1. The van der Waals surface area contributed by atoms with Crippen LogP contribution in [0.3, 0.4) is 0 Å². The standard InChI is InChI=1S/C21H13ClN2O5/c22-17-8-6-12(10-15(17)21(27)28)18-9-7-14(29-18)11-16-19(25)23-24(20(16)26)13-4-2-1-3-5-13/h1-11H,(H,23,25)(H,27,28)/b16-11-. The van der Waals surface area contributed by atoms with Crippen LogP contribution in [0.2, 0.25) is 5.02 Å². The molecule has 0 unspecified atom stereocenters. The Bertz CT molecular complexity index is 1170. The fourth-order valence-corrected chi connectivity index (χ4v) is 3.08. The molecule has 0 spiro atoms. The van der Waals surface area contributed by atoms with E-state index in [0.717, 1.165) is 5.01 Å². The average molecular weight is 409 g/mol. The van der Waals surface area contributed by atoms with Crippen molar-refractivity contribution in [3.8, 4) is 11.3 Å². The second kappa shape index (κ2) is 7.29. The van der Waals surface area contributed by atoms with Crippen molar-refractivity contribution in [3.63, 3.8) is 0 Å². The third-order valence-corrected chi connectivity index (χ3v) is 4.63. The first-order chi connectivity index (χ1) is 13.9. The maximum absolute atomic E-state index is 12.6. The summed E-state index contributed by atoms with van der Waals surface area (Å²) in [6.07, 6.45) is 1.35. The highest BCUT2D eigenvalue weighted by Crippen LogP contribution is 2.28. The fourth-order valence-electron chi connectivity index (χ4n) is 2.89. The van der Waals surface area contributed by atoms with Crippen molar-refractivity contribution < 1.29 is 23.9 Å². The van der Waals surface area contributed by atoms with E-state index in [9.17, 15) is 19.5 Å². The lowest BCUT2D eigenvalue weighted by Gasteiger charge is -2.13. The number of carboxylic acids is 1. The Balaban J connectivity index is 1.63. The molecule has 1 aliphatic rings. The summed E-state index contributed by atoms with van der Waals surface area (Å²) in [7, 11) is 0. The lowest BCUT2D eigenvalue weighted by Crippen LogP contribution is -2.35. The van der Waals surface area contributed by atoms with Gasteiger partial charge in [0.25, 0.3) is 11.8 Å². The quantitative estimate of drug-likeness (QED) is 0.505. The first kappa shape index (κ1) is 18.5. The molecule has 29 heavy (non-hydrogen) atoms. The molecule has 1 aromatic heterocycles. The summed E-state index contributed by atoms with van der Waals surface area (Å²) in [5.74, 6) is -1.54. The summed E-state index contributed by atoms with van der Waals surface area (Å²) in [6, 6.07) is 16.4. The second-order valence-corrected chi connectivity index (χ2v) is 6.58. The molecule has 1 aliphatic heterocycles. The van der Waals surface area contributed by atoms with Gasteiger partial charge in [0.05, 0.1) is 16.3 Å². The van der Waals surface area contributed by atoms with Gasteiger partial charge in [0.2, 0.25) is 0 Å². The maximum Gasteiger partial charge on any atom is 0.337 e. The molecule has 0 aliphatic carbocycles. The average Bonchev–Trinajstić information content (AvgIpc) is 3.29. The Labute approximate surface area is 169 Å². The van der Waals surface area contributed by atoms with Gasteiger partial charge < -0.3 is 9.52 Å². The SMILES string of the molecule is O=C1NN(c2ccccc2)C(=O)/C1=C\c1ccc(-c2ccc(Cl)c(C(=O)O)c2)o1. The van der Waals surface area contributed by atoms with E-state index < -0.39 is 17.8 Å². The van der Waals surface area contributed by atoms with E-state index in [0.29, 0.717) is 17.0 Å². The molecule has 7 nitrogen and oxygen atoms in total. The van der Waals surface area contributed by atoms with Crippen LogP contribution in [-0.4, -0.2) is 22.9 Å². The van der Waals surface area contributed by atoms with Crippen LogP contribution >= 0.6 is 11.6 Å². The molecule has 0 saturated carbocycles. The summed E-state index contributed by atoms with van der Waals surface area (Å²) in [5.41, 5.74) is 3.43. The van der Waals surface area contributed by atoms with Crippen molar-refractivity contribution in [1.82, 2.24) is 5.43 Å². The van der Waals surface area contributed by atoms with Crippen LogP contribution < -0.4 is 10.4 Å². The molecule has 2 heterocycles. The summed E-state index contributed by atoms with van der Waals surface area (Å²) >= 11 is 5.89. The molecule has 0 atom stereocenters. The minimum absolute atomic E-state index is 0.0516. The van der Waals surface area contributed by atoms with Crippen LogP contribution in [0, 0.1) is 0 Å². The zero-order chi connectivity index (χ0) is 20.5. The minimum atomic E-state index is -1.15. The third-order valence-electron chi connectivity index (χ3n) is 4.30. The summed E-state index contributed by atoms with van der Waals surface area (Å²) in [5, 5.41) is 10.5. The van der Waals surface area contributed by atoms with Gasteiger partial charge in [-0.25, -0.2) is 9.80 Å². The highest BCUT2D eigenvalue weighted by Gasteiger charge is 2.34. The number of aromatic carboxylic acids is 1. The van der Waals surface area contributed by atoms with Gasteiger partial charge in [-0.2, -0.15) is 0 Å². The third kappa shape index (κ3) is 3.51. The lowest BCUT2D eigenvalue weighted by molar-refractivity contribution is -0.117. The topological polar surface area (TPSA) is 99.9 Å². The second-order valence-electron chi connectivity index (χ2n) is 6.18. The number of carbonyl (C=O) groups excluding carboxylic acids is 2. The van der Waals surface area contributed by atoms with E-state index in [1.165, 1.54) is 18.2 Å². The van der Waals surface area contributed by atoms with Crippen molar-refractivity contribution >= 4 is 41.1 Å². The van der Waals surface area contributed by atoms with Gasteiger partial charge in [-0.05, 0) is 48.5 Å². The Hall–Kier alpha value is -3.84. The van der Waals surface area contributed by atoms with Crippen LogP contribution in [0.1, 0.15) is 16.1 Å². The number of rotatable bonds is 4. The van der Waals surface area contributed by atoms with Gasteiger partial charge in [0.1, 0.15) is 17.1 Å². The number of halogens is 1. The molecule has 4 rings (SSSR count). The molecule has 0 radical (unpaired) electrons. The summed E-state index contributed by atoms with van der Waals surface area (Å²) in [6.45, 7) is 0. The number of benzene rings is 2. The molecule has 1 fully saturated rings. The van der Waals surface area contributed by atoms with Gasteiger partial charge in [0, 0.05) is 5.56 Å².